The Morgan fingerprint density at radius 3 is 2.85 bits per heavy atom. The van der Waals surface area contributed by atoms with Crippen molar-refractivity contribution in [2.45, 2.75) is 48.8 Å². The molecule has 2 aliphatic carbocycles. The van der Waals surface area contributed by atoms with Gasteiger partial charge >= 0.3 is 0 Å². The normalized spacial score (nSPS) is 31.4. The molecule has 0 aromatic heterocycles. The molecule has 2 heterocycles. The molecule has 2 aliphatic heterocycles. The standard InChI is InChI=1S/C26H27N3O4/c1-2-13-29-14-12-25-21-17-8-9-18(27-28-24(31)16-6-4-3-5-7-16)22(21)33-23(25)19(30)10-11-26(25,32)20(29)15-17/h2-9,20,23,27,32H,1,10-15H2,(H,28,31)/t20-,23+,25+,26?/m1/s1. The van der Waals surface area contributed by atoms with Crippen LogP contribution in [0.4, 0.5) is 5.69 Å². The molecule has 1 amide bonds. The van der Waals surface area contributed by atoms with Crippen molar-refractivity contribution in [3.05, 3.63) is 71.8 Å². The minimum atomic E-state index is -1.04. The second-order valence-corrected chi connectivity index (χ2v) is 9.53. The molecule has 0 radical (unpaired) electrons. The highest BCUT2D eigenvalue weighted by Gasteiger charge is 2.72. The molecule has 2 bridgehead atoms. The maximum absolute atomic E-state index is 13.1. The summed E-state index contributed by atoms with van der Waals surface area (Å²) in [6, 6.07) is 12.8. The average molecular weight is 446 g/mol. The first-order valence-electron chi connectivity index (χ1n) is 11.5. The Labute approximate surface area is 192 Å². The Morgan fingerprint density at radius 1 is 1.24 bits per heavy atom. The molecular weight excluding hydrogens is 418 g/mol. The number of nitrogens with zero attached hydrogens (tertiary/aromatic N) is 1. The predicted molar refractivity (Wildman–Crippen MR) is 123 cm³/mol. The number of anilines is 1. The van der Waals surface area contributed by atoms with E-state index in [9.17, 15) is 14.7 Å². The maximum Gasteiger partial charge on any atom is 0.269 e. The number of ketones is 1. The topological polar surface area (TPSA) is 90.9 Å². The summed E-state index contributed by atoms with van der Waals surface area (Å²) in [5, 5.41) is 12.2. The Bertz CT molecular complexity index is 1170. The van der Waals surface area contributed by atoms with Gasteiger partial charge in [0.2, 0.25) is 0 Å². The van der Waals surface area contributed by atoms with Crippen LogP contribution in [0.15, 0.2) is 55.1 Å². The van der Waals surface area contributed by atoms with Crippen LogP contribution in [-0.4, -0.2) is 52.5 Å². The van der Waals surface area contributed by atoms with Crippen LogP contribution in [0.3, 0.4) is 0 Å². The summed E-state index contributed by atoms with van der Waals surface area (Å²) in [5.74, 6) is 0.355. The second-order valence-electron chi connectivity index (χ2n) is 9.53. The highest BCUT2D eigenvalue weighted by molar-refractivity contribution is 5.95. The molecule has 2 aromatic carbocycles. The number of ether oxygens (including phenoxy) is 1. The second kappa shape index (κ2) is 7.17. The Hall–Kier alpha value is -3.16. The summed E-state index contributed by atoms with van der Waals surface area (Å²) >= 11 is 0. The monoisotopic (exact) mass is 445 g/mol. The summed E-state index contributed by atoms with van der Waals surface area (Å²) in [7, 11) is 0. The van der Waals surface area contributed by atoms with E-state index in [0.717, 1.165) is 17.7 Å². The van der Waals surface area contributed by atoms with Crippen molar-refractivity contribution in [1.82, 2.24) is 10.3 Å². The van der Waals surface area contributed by atoms with Crippen LogP contribution in [0.25, 0.3) is 0 Å². The van der Waals surface area contributed by atoms with Gasteiger partial charge in [0.05, 0.1) is 16.7 Å². The minimum absolute atomic E-state index is 0.0407. The lowest BCUT2D eigenvalue weighted by Crippen LogP contribution is -2.76. The van der Waals surface area contributed by atoms with E-state index in [1.54, 1.807) is 12.1 Å². The summed E-state index contributed by atoms with van der Waals surface area (Å²) in [5.41, 5.74) is 7.12. The molecule has 2 aromatic rings. The van der Waals surface area contributed by atoms with Crippen molar-refractivity contribution in [2.75, 3.05) is 18.5 Å². The maximum atomic E-state index is 13.1. The zero-order valence-electron chi connectivity index (χ0n) is 18.3. The molecule has 170 valence electrons. The van der Waals surface area contributed by atoms with Crippen LogP contribution >= 0.6 is 0 Å². The molecule has 7 heteroatoms. The van der Waals surface area contributed by atoms with Crippen LogP contribution in [-0.2, 0) is 16.6 Å². The van der Waals surface area contributed by atoms with E-state index in [-0.39, 0.29) is 17.7 Å². The first kappa shape index (κ1) is 20.4. The van der Waals surface area contributed by atoms with Crippen LogP contribution in [0.1, 0.15) is 40.7 Å². The fraction of sp³-hybridized carbons (Fsp3) is 0.385. The molecule has 4 aliphatic rings. The molecular formula is C26H27N3O4. The third kappa shape index (κ3) is 2.63. The van der Waals surface area contributed by atoms with Gasteiger partial charge < -0.3 is 9.84 Å². The van der Waals surface area contributed by atoms with E-state index in [1.165, 1.54) is 0 Å². The van der Waals surface area contributed by atoms with E-state index in [0.29, 0.717) is 49.2 Å². The highest BCUT2D eigenvalue weighted by atomic mass is 16.5. The number of amides is 1. The number of nitrogens with one attached hydrogen (secondary N) is 2. The lowest BCUT2D eigenvalue weighted by Gasteiger charge is -2.62. The van der Waals surface area contributed by atoms with Gasteiger partial charge in [-0.1, -0.05) is 30.3 Å². The van der Waals surface area contributed by atoms with Crippen molar-refractivity contribution >= 4 is 17.4 Å². The van der Waals surface area contributed by atoms with Crippen molar-refractivity contribution in [3.8, 4) is 5.75 Å². The van der Waals surface area contributed by atoms with Gasteiger partial charge in [-0.2, -0.15) is 0 Å². The minimum Gasteiger partial charge on any atom is -0.479 e. The smallest absolute Gasteiger partial charge is 0.269 e. The Balaban J connectivity index is 1.41. The van der Waals surface area contributed by atoms with E-state index in [1.807, 2.05) is 36.4 Å². The number of benzene rings is 2. The number of hydrogen-bond donors (Lipinski definition) is 3. The number of piperidine rings is 1. The number of carbonyl (C=O) groups is 2. The lowest BCUT2D eigenvalue weighted by molar-refractivity contribution is -0.187. The van der Waals surface area contributed by atoms with Gasteiger partial charge in [0.15, 0.2) is 11.9 Å². The third-order valence-corrected chi connectivity index (χ3v) is 8.10. The largest absolute Gasteiger partial charge is 0.479 e. The zero-order chi connectivity index (χ0) is 22.8. The van der Waals surface area contributed by atoms with Crippen LogP contribution < -0.4 is 15.6 Å². The first-order chi connectivity index (χ1) is 16.0. The summed E-state index contributed by atoms with van der Waals surface area (Å²) < 4.78 is 6.36. The van der Waals surface area contributed by atoms with Crippen LogP contribution in [0.5, 0.6) is 5.75 Å². The van der Waals surface area contributed by atoms with Gasteiger partial charge in [-0.15, -0.1) is 6.58 Å². The zero-order valence-corrected chi connectivity index (χ0v) is 18.3. The first-order valence-corrected chi connectivity index (χ1v) is 11.5. The number of Topliss-reactive ketones (excluding diaryl/α,β-unsaturated/α-hetero) is 1. The van der Waals surface area contributed by atoms with Gasteiger partial charge in [-0.05, 0) is 43.0 Å². The molecule has 3 N–H and O–H groups in total. The van der Waals surface area contributed by atoms with Crippen molar-refractivity contribution in [1.29, 1.82) is 0 Å². The lowest BCUT2D eigenvalue weighted by atomic mass is 9.49. The third-order valence-electron chi connectivity index (χ3n) is 8.10. The average Bonchev–Trinajstić information content (AvgIpc) is 3.19. The van der Waals surface area contributed by atoms with Crippen LogP contribution in [0, 0.1) is 0 Å². The van der Waals surface area contributed by atoms with Crippen LogP contribution in [0.2, 0.25) is 0 Å². The van der Waals surface area contributed by atoms with E-state index in [2.05, 4.69) is 22.3 Å². The number of likely N-dealkylation sites (tertiary alicyclic amines) is 1. The van der Waals surface area contributed by atoms with Crippen molar-refractivity contribution in [2.24, 2.45) is 0 Å². The Kier molecular flexibility index (Phi) is 4.44. The summed E-state index contributed by atoms with van der Waals surface area (Å²) in [6.45, 7) is 5.37. The molecule has 7 nitrogen and oxygen atoms in total. The van der Waals surface area contributed by atoms with Gasteiger partial charge in [0.1, 0.15) is 5.75 Å². The number of aliphatic hydroxyl groups is 1. The van der Waals surface area contributed by atoms with Gasteiger partial charge in [0, 0.05) is 36.7 Å². The number of rotatable bonds is 5. The van der Waals surface area contributed by atoms with Crippen molar-refractivity contribution in [3.63, 3.8) is 0 Å². The molecule has 1 unspecified atom stereocenters. The van der Waals surface area contributed by atoms with E-state index in [4.69, 9.17) is 4.74 Å². The SMILES string of the molecule is C=CCN1CC[C@]23c4c5ccc(NNC(=O)c6ccccc6)c4O[C@H]2C(=O)CCC3(O)[C@H]1C5. The van der Waals surface area contributed by atoms with E-state index >= 15 is 0 Å². The number of hydrazine groups is 1. The summed E-state index contributed by atoms with van der Waals surface area (Å²) in [4.78, 5) is 27.9. The van der Waals surface area contributed by atoms with Gasteiger partial charge in [-0.3, -0.25) is 25.3 Å². The highest BCUT2D eigenvalue weighted by Crippen LogP contribution is 2.64. The molecule has 2 fully saturated rings. The quantitative estimate of drug-likeness (QED) is 0.484. The van der Waals surface area contributed by atoms with E-state index < -0.39 is 17.1 Å². The molecule has 1 spiro atoms. The molecule has 1 saturated heterocycles. The van der Waals surface area contributed by atoms with Gasteiger partial charge in [0.25, 0.3) is 5.91 Å². The molecule has 4 atom stereocenters. The molecule has 1 saturated carbocycles. The Morgan fingerprint density at radius 2 is 2.06 bits per heavy atom. The summed E-state index contributed by atoms with van der Waals surface area (Å²) in [6.07, 6.45) is 3.25. The number of carbonyl (C=O) groups excluding carboxylic acids is 2. The van der Waals surface area contributed by atoms with Crippen molar-refractivity contribution < 1.29 is 19.4 Å². The molecule has 6 rings (SSSR count). The fourth-order valence-electron chi connectivity index (χ4n) is 6.70. The predicted octanol–water partition coefficient (Wildman–Crippen LogP) is 2.35. The fourth-order valence-corrected chi connectivity index (χ4v) is 6.70. The molecule has 33 heavy (non-hydrogen) atoms. The van der Waals surface area contributed by atoms with Gasteiger partial charge in [-0.25, -0.2) is 0 Å². The number of hydrogen-bond acceptors (Lipinski definition) is 6.